The van der Waals surface area contributed by atoms with Crippen molar-refractivity contribution in [3.63, 3.8) is 0 Å². The van der Waals surface area contributed by atoms with Gasteiger partial charge in [-0.1, -0.05) is 35.9 Å². The van der Waals surface area contributed by atoms with E-state index in [0.29, 0.717) is 69.1 Å². The number of benzene rings is 3. The number of hydrogen-bond acceptors (Lipinski definition) is 8. The maximum Gasteiger partial charge on any atom is 0.217 e. The molecule has 0 amide bonds. The number of ether oxygens (including phenoxy) is 5. The summed E-state index contributed by atoms with van der Waals surface area (Å²) in [6, 6.07) is 18.5. The van der Waals surface area contributed by atoms with Crippen LogP contribution in [0.4, 0.5) is 0 Å². The highest BCUT2D eigenvalue weighted by Crippen LogP contribution is 2.54. The van der Waals surface area contributed by atoms with Crippen LogP contribution in [-0.4, -0.2) is 71.2 Å². The average Bonchev–Trinajstić information content (AvgIpc) is 2.98. The van der Waals surface area contributed by atoms with E-state index < -0.39 is 11.5 Å². The molecule has 4 aromatic rings. The lowest BCUT2D eigenvalue weighted by molar-refractivity contribution is 0.000899. The third kappa shape index (κ3) is 5.86. The fourth-order valence-corrected chi connectivity index (χ4v) is 5.57. The molecule has 0 aliphatic carbocycles. The van der Waals surface area contributed by atoms with E-state index in [0.717, 1.165) is 5.39 Å². The summed E-state index contributed by atoms with van der Waals surface area (Å²) in [5.74, 6) is 1.54. The van der Waals surface area contributed by atoms with E-state index in [9.17, 15) is 5.11 Å². The molecule has 3 aromatic carbocycles. The number of pyridine rings is 1. The number of hydrogen-bond donors (Lipinski definition) is 1. The van der Waals surface area contributed by atoms with Gasteiger partial charge in [-0.05, 0) is 56.9 Å². The molecule has 9 heteroatoms. The maximum atomic E-state index is 13.2. The van der Waals surface area contributed by atoms with Gasteiger partial charge in [0.1, 0.15) is 5.60 Å². The van der Waals surface area contributed by atoms with Gasteiger partial charge >= 0.3 is 0 Å². The molecule has 0 saturated carbocycles. The zero-order valence-electron chi connectivity index (χ0n) is 24.5. The Bertz CT molecular complexity index is 1510. The van der Waals surface area contributed by atoms with Crippen molar-refractivity contribution in [1.29, 1.82) is 0 Å². The quantitative estimate of drug-likeness (QED) is 0.222. The molecule has 0 radical (unpaired) electrons. The molecule has 1 heterocycles. The molecule has 0 spiro atoms. The van der Waals surface area contributed by atoms with Gasteiger partial charge in [0.2, 0.25) is 5.88 Å². The highest BCUT2D eigenvalue weighted by molar-refractivity contribution is 6.31. The zero-order chi connectivity index (χ0) is 29.7. The Morgan fingerprint density at radius 3 is 2.07 bits per heavy atom. The van der Waals surface area contributed by atoms with E-state index in [1.165, 1.54) is 0 Å². The Morgan fingerprint density at radius 2 is 1.46 bits per heavy atom. The third-order valence-corrected chi connectivity index (χ3v) is 7.54. The summed E-state index contributed by atoms with van der Waals surface area (Å²) in [6.07, 6.45) is 0.311. The average molecular weight is 581 g/mol. The Morgan fingerprint density at radius 1 is 0.805 bits per heavy atom. The van der Waals surface area contributed by atoms with Crippen molar-refractivity contribution in [3.05, 3.63) is 82.4 Å². The predicted octanol–water partition coefficient (Wildman–Crippen LogP) is 5.90. The lowest BCUT2D eigenvalue weighted by Gasteiger charge is -2.40. The second-order valence-electron chi connectivity index (χ2n) is 9.96. The normalized spacial score (nSPS) is 13.5. The topological polar surface area (TPSA) is 82.5 Å². The van der Waals surface area contributed by atoms with Crippen molar-refractivity contribution in [2.24, 2.45) is 0 Å². The second-order valence-corrected chi connectivity index (χ2v) is 10.4. The van der Waals surface area contributed by atoms with Crippen molar-refractivity contribution in [3.8, 4) is 28.9 Å². The monoisotopic (exact) mass is 580 g/mol. The first-order valence-corrected chi connectivity index (χ1v) is 13.5. The van der Waals surface area contributed by atoms with Gasteiger partial charge in [0, 0.05) is 33.6 Å². The molecular weight excluding hydrogens is 544 g/mol. The van der Waals surface area contributed by atoms with Crippen molar-refractivity contribution in [1.82, 2.24) is 9.88 Å². The highest BCUT2D eigenvalue weighted by atomic mass is 35.5. The fraction of sp³-hybridized carbons (Fsp3) is 0.344. The van der Waals surface area contributed by atoms with Crippen LogP contribution in [0, 0.1) is 0 Å². The Labute approximate surface area is 246 Å². The summed E-state index contributed by atoms with van der Waals surface area (Å²) in [7, 11) is 11.8. The zero-order valence-corrected chi connectivity index (χ0v) is 25.3. The van der Waals surface area contributed by atoms with Gasteiger partial charge in [-0.25, -0.2) is 4.98 Å². The number of nitrogens with zero attached hydrogens (tertiary/aromatic N) is 2. The van der Waals surface area contributed by atoms with Crippen LogP contribution in [0.5, 0.6) is 28.9 Å². The summed E-state index contributed by atoms with van der Waals surface area (Å²) in [5.41, 5.74) is 0.997. The van der Waals surface area contributed by atoms with Gasteiger partial charge < -0.3 is 33.7 Å². The molecule has 0 bridgehead atoms. The third-order valence-electron chi connectivity index (χ3n) is 7.31. The Kier molecular flexibility index (Phi) is 9.48. The first-order chi connectivity index (χ1) is 19.7. The van der Waals surface area contributed by atoms with Crippen molar-refractivity contribution >= 4 is 22.5 Å². The minimum atomic E-state index is -1.58. The van der Waals surface area contributed by atoms with Gasteiger partial charge in [0.05, 0.1) is 47.0 Å². The molecule has 1 N–H and O–H groups in total. The van der Waals surface area contributed by atoms with Crippen molar-refractivity contribution in [2.75, 3.05) is 56.2 Å². The molecule has 0 aliphatic rings. The molecule has 218 valence electrons. The number of aliphatic hydroxyl groups is 1. The maximum absolute atomic E-state index is 13.2. The Hall–Kier alpha value is -3.72. The predicted molar refractivity (Wildman–Crippen MR) is 161 cm³/mol. The minimum Gasteiger partial charge on any atom is -0.493 e. The van der Waals surface area contributed by atoms with Gasteiger partial charge in [-0.15, -0.1) is 0 Å². The number of para-hydroxylation sites is 2. The van der Waals surface area contributed by atoms with Gasteiger partial charge in [-0.2, -0.15) is 0 Å². The summed E-state index contributed by atoms with van der Waals surface area (Å²) >= 11 is 6.39. The molecular formula is C32H37ClN2O6. The molecule has 41 heavy (non-hydrogen) atoms. The van der Waals surface area contributed by atoms with Crippen LogP contribution in [0.15, 0.2) is 60.7 Å². The first kappa shape index (κ1) is 30.2. The molecule has 2 unspecified atom stereocenters. The van der Waals surface area contributed by atoms with Gasteiger partial charge in [0.15, 0.2) is 23.0 Å². The fourth-order valence-electron chi connectivity index (χ4n) is 5.39. The lowest BCUT2D eigenvalue weighted by atomic mass is 9.71. The second kappa shape index (κ2) is 12.9. The van der Waals surface area contributed by atoms with Crippen LogP contribution >= 0.6 is 11.6 Å². The molecule has 0 saturated heterocycles. The molecule has 2 atom stereocenters. The number of halogens is 1. The summed E-state index contributed by atoms with van der Waals surface area (Å²) in [4.78, 5) is 6.85. The van der Waals surface area contributed by atoms with E-state index in [1.807, 2.05) is 67.5 Å². The van der Waals surface area contributed by atoms with E-state index in [2.05, 4.69) is 0 Å². The Balaban J connectivity index is 2.17. The standard InChI is InChI=1S/C32H37ClN2O6/c1-35(2)17-16-32(36,24-11-9-13-27(38-4)30(24)40-6)28(22-10-8-12-26(37-3)29(22)39-5)23-19-20-18-21(33)14-15-25(20)34-31(23)41-7/h8-15,18-19,28,36H,16-17H2,1-7H3. The summed E-state index contributed by atoms with van der Waals surface area (Å²) in [5, 5.41) is 14.6. The molecule has 0 aliphatic heterocycles. The SMILES string of the molecule is COc1cccc(C(c2cc3cc(Cl)ccc3nc2OC)C(O)(CCN(C)C)c2cccc(OC)c2OC)c1OC. The molecule has 0 fully saturated rings. The van der Waals surface area contributed by atoms with E-state index >= 15 is 0 Å². The van der Waals surface area contributed by atoms with Crippen LogP contribution in [-0.2, 0) is 5.60 Å². The van der Waals surface area contributed by atoms with E-state index in [1.54, 1.807) is 47.7 Å². The first-order valence-electron chi connectivity index (χ1n) is 13.2. The van der Waals surface area contributed by atoms with Crippen molar-refractivity contribution in [2.45, 2.75) is 17.9 Å². The molecule has 4 rings (SSSR count). The number of fused-ring (bicyclic) bond motifs is 1. The largest absolute Gasteiger partial charge is 0.493 e. The molecule has 1 aromatic heterocycles. The lowest BCUT2D eigenvalue weighted by Crippen LogP contribution is -2.38. The van der Waals surface area contributed by atoms with Gasteiger partial charge in [0.25, 0.3) is 0 Å². The van der Waals surface area contributed by atoms with Crippen LogP contribution < -0.4 is 23.7 Å². The number of aromatic nitrogens is 1. The molecule has 8 nitrogen and oxygen atoms in total. The van der Waals surface area contributed by atoms with Crippen LogP contribution in [0.2, 0.25) is 5.02 Å². The van der Waals surface area contributed by atoms with Crippen molar-refractivity contribution < 1.29 is 28.8 Å². The summed E-state index contributed by atoms with van der Waals surface area (Å²) in [6.45, 7) is 0.550. The number of methoxy groups -OCH3 is 5. The van der Waals surface area contributed by atoms with E-state index in [4.69, 9.17) is 40.3 Å². The number of rotatable bonds is 12. The van der Waals surface area contributed by atoms with Crippen LogP contribution in [0.25, 0.3) is 10.9 Å². The summed E-state index contributed by atoms with van der Waals surface area (Å²) < 4.78 is 29.0. The highest BCUT2D eigenvalue weighted by Gasteiger charge is 2.46. The van der Waals surface area contributed by atoms with Crippen LogP contribution in [0.3, 0.4) is 0 Å². The van der Waals surface area contributed by atoms with E-state index in [-0.39, 0.29) is 0 Å². The van der Waals surface area contributed by atoms with Gasteiger partial charge in [-0.3, -0.25) is 0 Å². The minimum absolute atomic E-state index is 0.311. The van der Waals surface area contributed by atoms with Crippen LogP contribution in [0.1, 0.15) is 29.0 Å². The smallest absolute Gasteiger partial charge is 0.217 e.